The van der Waals surface area contributed by atoms with E-state index in [2.05, 4.69) is 50.7 Å². The van der Waals surface area contributed by atoms with Crippen molar-refractivity contribution in [3.63, 3.8) is 0 Å². The Morgan fingerprint density at radius 1 is 1.30 bits per heavy atom. The first kappa shape index (κ1) is 14.1. The van der Waals surface area contributed by atoms with E-state index in [1.807, 2.05) is 6.07 Å². The van der Waals surface area contributed by atoms with Gasteiger partial charge in [-0.2, -0.15) is 14.6 Å². The van der Waals surface area contributed by atoms with Crippen LogP contribution in [0.4, 0.5) is 5.82 Å². The first-order valence-electron chi connectivity index (χ1n) is 7.82. The normalized spacial score (nSPS) is 19.9. The summed E-state index contributed by atoms with van der Waals surface area (Å²) in [6, 6.07) is 12.7. The van der Waals surface area contributed by atoms with Crippen molar-refractivity contribution in [3.05, 3.63) is 54.0 Å². The number of nitrogens with one attached hydrogen (secondary N) is 1. The molecule has 1 aliphatic rings. The van der Waals surface area contributed by atoms with Crippen LogP contribution in [0.5, 0.6) is 0 Å². The molecule has 1 fully saturated rings. The summed E-state index contributed by atoms with van der Waals surface area (Å²) in [5.74, 6) is 2.83. The average Bonchev–Trinajstić information content (AvgIpc) is 3.21. The third-order valence-electron chi connectivity index (χ3n) is 4.29. The van der Waals surface area contributed by atoms with Gasteiger partial charge in [0.05, 0.1) is 12.3 Å². The van der Waals surface area contributed by atoms with E-state index in [0.29, 0.717) is 24.2 Å². The molecule has 1 aliphatic carbocycles. The fourth-order valence-corrected chi connectivity index (χ4v) is 3.03. The highest BCUT2D eigenvalue weighted by Gasteiger charge is 2.37. The quantitative estimate of drug-likeness (QED) is 0.758. The van der Waals surface area contributed by atoms with Gasteiger partial charge >= 0.3 is 0 Å². The maximum atomic E-state index is 5.17. The second-order valence-electron chi connectivity index (χ2n) is 5.93. The zero-order valence-electron chi connectivity index (χ0n) is 13.0. The van der Waals surface area contributed by atoms with Gasteiger partial charge in [-0.3, -0.25) is 0 Å². The monoisotopic (exact) mass is 309 g/mol. The highest BCUT2D eigenvalue weighted by molar-refractivity contribution is 5.45. The van der Waals surface area contributed by atoms with E-state index in [4.69, 9.17) is 4.74 Å². The maximum absolute atomic E-state index is 5.17. The molecular formula is C17H19N5O. The van der Waals surface area contributed by atoms with Gasteiger partial charge in [-0.1, -0.05) is 30.3 Å². The number of anilines is 1. The third-order valence-corrected chi connectivity index (χ3v) is 4.29. The van der Waals surface area contributed by atoms with Gasteiger partial charge in [0.25, 0.3) is 5.78 Å². The number of fused-ring (bicyclic) bond motifs is 1. The fourth-order valence-electron chi connectivity index (χ4n) is 3.03. The molecule has 6 heteroatoms. The predicted octanol–water partition coefficient (Wildman–Crippen LogP) is 2.49. The lowest BCUT2D eigenvalue weighted by Gasteiger charge is -2.09. The van der Waals surface area contributed by atoms with Crippen LogP contribution in [0.25, 0.3) is 5.78 Å². The zero-order chi connectivity index (χ0) is 15.6. The summed E-state index contributed by atoms with van der Waals surface area (Å²) in [4.78, 5) is 8.59. The van der Waals surface area contributed by atoms with Crippen LogP contribution in [0.2, 0.25) is 0 Å². The van der Waals surface area contributed by atoms with Crippen molar-refractivity contribution in [2.75, 3.05) is 19.0 Å². The molecule has 0 amide bonds. The highest BCUT2D eigenvalue weighted by atomic mass is 16.5. The first-order valence-corrected chi connectivity index (χ1v) is 7.82. The van der Waals surface area contributed by atoms with Gasteiger partial charge in [0.2, 0.25) is 0 Å². The smallest absolute Gasteiger partial charge is 0.254 e. The van der Waals surface area contributed by atoms with Crippen LogP contribution in [-0.4, -0.2) is 33.2 Å². The van der Waals surface area contributed by atoms with E-state index in [-0.39, 0.29) is 0 Å². The summed E-state index contributed by atoms with van der Waals surface area (Å²) in [7, 11) is 1.66. The Labute approximate surface area is 134 Å². The molecule has 0 radical (unpaired) electrons. The van der Waals surface area contributed by atoms with Crippen molar-refractivity contribution in [1.82, 2.24) is 19.6 Å². The molecule has 4 rings (SSSR count). The van der Waals surface area contributed by atoms with E-state index >= 15 is 0 Å². The van der Waals surface area contributed by atoms with Gasteiger partial charge in [0.15, 0.2) is 0 Å². The van der Waals surface area contributed by atoms with Crippen molar-refractivity contribution in [2.24, 2.45) is 5.92 Å². The van der Waals surface area contributed by atoms with Crippen molar-refractivity contribution in [1.29, 1.82) is 0 Å². The van der Waals surface area contributed by atoms with Crippen LogP contribution in [0.1, 0.15) is 23.6 Å². The summed E-state index contributed by atoms with van der Waals surface area (Å²) in [5, 5.41) is 7.73. The predicted molar refractivity (Wildman–Crippen MR) is 87.3 cm³/mol. The molecular weight excluding hydrogens is 290 g/mol. The van der Waals surface area contributed by atoms with Gasteiger partial charge in [-0.05, 0) is 23.8 Å². The standard InChI is InChI=1S/C17H19N5O/c1-23-10-14-8-16(22-17(21-14)19-11-20-22)18-9-13-7-15(13)12-5-3-2-4-6-12/h2-6,8,11,13,15,18H,7,9-10H2,1H3. The zero-order valence-corrected chi connectivity index (χ0v) is 13.0. The van der Waals surface area contributed by atoms with Crippen LogP contribution in [0, 0.1) is 5.92 Å². The third kappa shape index (κ3) is 2.90. The van der Waals surface area contributed by atoms with E-state index in [0.717, 1.165) is 18.1 Å². The number of aromatic nitrogens is 4. The SMILES string of the molecule is COCc1cc(NCC2CC2c2ccccc2)n2ncnc2n1. The number of methoxy groups -OCH3 is 1. The van der Waals surface area contributed by atoms with Crippen molar-refractivity contribution in [2.45, 2.75) is 18.9 Å². The molecule has 1 saturated carbocycles. The van der Waals surface area contributed by atoms with Gasteiger partial charge in [-0.15, -0.1) is 0 Å². The van der Waals surface area contributed by atoms with Crippen LogP contribution in [-0.2, 0) is 11.3 Å². The van der Waals surface area contributed by atoms with Crippen LogP contribution < -0.4 is 5.32 Å². The number of benzene rings is 1. The molecule has 2 unspecified atom stereocenters. The lowest BCUT2D eigenvalue weighted by Crippen LogP contribution is -2.11. The van der Waals surface area contributed by atoms with E-state index in [9.17, 15) is 0 Å². The molecule has 2 atom stereocenters. The Bertz CT molecular complexity index is 801. The second-order valence-corrected chi connectivity index (χ2v) is 5.93. The molecule has 3 aromatic rings. The van der Waals surface area contributed by atoms with Gasteiger partial charge in [-0.25, -0.2) is 4.98 Å². The van der Waals surface area contributed by atoms with Crippen LogP contribution in [0.3, 0.4) is 0 Å². The van der Waals surface area contributed by atoms with Crippen LogP contribution >= 0.6 is 0 Å². The number of hydrogen-bond donors (Lipinski definition) is 1. The van der Waals surface area contributed by atoms with Crippen molar-refractivity contribution >= 4 is 11.6 Å². The van der Waals surface area contributed by atoms with E-state index < -0.39 is 0 Å². The molecule has 6 nitrogen and oxygen atoms in total. The minimum Gasteiger partial charge on any atom is -0.378 e. The van der Waals surface area contributed by atoms with Crippen LogP contribution in [0.15, 0.2) is 42.7 Å². The average molecular weight is 309 g/mol. The largest absolute Gasteiger partial charge is 0.378 e. The lowest BCUT2D eigenvalue weighted by molar-refractivity contribution is 0.181. The molecule has 0 bridgehead atoms. The molecule has 2 aromatic heterocycles. The van der Waals surface area contributed by atoms with Gasteiger partial charge < -0.3 is 10.1 Å². The maximum Gasteiger partial charge on any atom is 0.254 e. The van der Waals surface area contributed by atoms with Gasteiger partial charge in [0, 0.05) is 19.7 Å². The topological polar surface area (TPSA) is 64.3 Å². The Balaban J connectivity index is 1.47. The summed E-state index contributed by atoms with van der Waals surface area (Å²) < 4.78 is 6.91. The molecule has 0 saturated heterocycles. The number of rotatable bonds is 6. The summed E-state index contributed by atoms with van der Waals surface area (Å²) in [6.45, 7) is 1.39. The fraction of sp³-hybridized carbons (Fsp3) is 0.353. The Kier molecular flexibility index (Phi) is 3.67. The molecule has 118 valence electrons. The Morgan fingerprint density at radius 3 is 3.00 bits per heavy atom. The molecule has 23 heavy (non-hydrogen) atoms. The minimum absolute atomic E-state index is 0.466. The number of hydrogen-bond acceptors (Lipinski definition) is 5. The summed E-state index contributed by atoms with van der Waals surface area (Å²) in [5.41, 5.74) is 2.28. The van der Waals surface area contributed by atoms with Gasteiger partial charge in [0.1, 0.15) is 12.1 Å². The van der Waals surface area contributed by atoms with Crippen molar-refractivity contribution in [3.8, 4) is 0 Å². The lowest BCUT2D eigenvalue weighted by atomic mass is 10.1. The Morgan fingerprint density at radius 2 is 2.17 bits per heavy atom. The molecule has 0 aliphatic heterocycles. The number of ether oxygens (including phenoxy) is 1. The molecule has 0 spiro atoms. The Hall–Kier alpha value is -2.47. The first-order chi connectivity index (χ1) is 11.3. The molecule has 1 N–H and O–H groups in total. The summed E-state index contributed by atoms with van der Waals surface area (Å²) >= 11 is 0. The molecule has 2 heterocycles. The second kappa shape index (κ2) is 5.96. The van der Waals surface area contributed by atoms with E-state index in [1.165, 1.54) is 18.3 Å². The minimum atomic E-state index is 0.466. The van der Waals surface area contributed by atoms with E-state index in [1.54, 1.807) is 11.6 Å². The van der Waals surface area contributed by atoms with Crippen molar-refractivity contribution < 1.29 is 4.74 Å². The highest BCUT2D eigenvalue weighted by Crippen LogP contribution is 2.47. The number of nitrogens with zero attached hydrogens (tertiary/aromatic N) is 4. The molecule has 1 aromatic carbocycles. The summed E-state index contributed by atoms with van der Waals surface area (Å²) in [6.07, 6.45) is 2.75.